The van der Waals surface area contributed by atoms with E-state index in [-0.39, 0.29) is 0 Å². The van der Waals surface area contributed by atoms with Crippen LogP contribution in [0.15, 0.2) is 24.3 Å². The van der Waals surface area contributed by atoms with Gasteiger partial charge in [0, 0.05) is 12.1 Å². The summed E-state index contributed by atoms with van der Waals surface area (Å²) in [5.41, 5.74) is 12.6. The molecule has 0 fully saturated rings. The first-order valence-corrected chi connectivity index (χ1v) is 5.92. The van der Waals surface area contributed by atoms with Crippen molar-refractivity contribution in [3.63, 3.8) is 0 Å². The van der Waals surface area contributed by atoms with Gasteiger partial charge < -0.3 is 21.5 Å². The van der Waals surface area contributed by atoms with Crippen molar-refractivity contribution in [3.8, 4) is 0 Å². The molecular weight excluding hydrogens is 246 g/mol. The molecular formula is C13H19N3O3. The lowest BCUT2D eigenvalue weighted by Crippen LogP contribution is -2.48. The molecule has 0 radical (unpaired) electrons. The zero-order valence-electron chi connectivity index (χ0n) is 11.1. The third kappa shape index (κ3) is 4.59. The standard InChI is InChI=1S/C13H19N3O3/c1-8(14)12(17)16-11(13(18)19-2)7-9-3-5-10(15)6-4-9/h3-6,8,11H,7,14-15H2,1-2H3,(H,16,17)/t8-,11-/m0/s1. The number of anilines is 1. The van der Waals surface area contributed by atoms with Crippen molar-refractivity contribution in [1.82, 2.24) is 5.32 Å². The maximum atomic E-state index is 11.6. The number of benzene rings is 1. The van der Waals surface area contributed by atoms with Gasteiger partial charge in [-0.2, -0.15) is 0 Å². The van der Waals surface area contributed by atoms with Gasteiger partial charge in [0.15, 0.2) is 0 Å². The van der Waals surface area contributed by atoms with E-state index >= 15 is 0 Å². The number of ether oxygens (including phenoxy) is 1. The Labute approximate surface area is 112 Å². The Morgan fingerprint density at radius 1 is 1.32 bits per heavy atom. The molecule has 6 nitrogen and oxygen atoms in total. The summed E-state index contributed by atoms with van der Waals surface area (Å²) < 4.78 is 4.67. The molecule has 1 rings (SSSR count). The molecule has 0 aliphatic carbocycles. The summed E-state index contributed by atoms with van der Waals surface area (Å²) in [6.07, 6.45) is 0.325. The van der Waals surface area contributed by atoms with Crippen LogP contribution in [0, 0.1) is 0 Å². The van der Waals surface area contributed by atoms with Gasteiger partial charge in [-0.3, -0.25) is 4.79 Å². The van der Waals surface area contributed by atoms with Crippen molar-refractivity contribution in [2.75, 3.05) is 12.8 Å². The van der Waals surface area contributed by atoms with Crippen LogP contribution in [-0.4, -0.2) is 31.1 Å². The monoisotopic (exact) mass is 265 g/mol. The van der Waals surface area contributed by atoms with Gasteiger partial charge in [0.1, 0.15) is 6.04 Å². The number of nitrogens with two attached hydrogens (primary N) is 2. The van der Waals surface area contributed by atoms with E-state index in [2.05, 4.69) is 10.1 Å². The van der Waals surface area contributed by atoms with E-state index in [9.17, 15) is 9.59 Å². The first-order chi connectivity index (χ1) is 8.93. The van der Waals surface area contributed by atoms with Gasteiger partial charge in [-0.1, -0.05) is 12.1 Å². The third-order valence-electron chi connectivity index (χ3n) is 2.64. The van der Waals surface area contributed by atoms with Crippen molar-refractivity contribution >= 4 is 17.6 Å². The second-order valence-corrected chi connectivity index (χ2v) is 4.32. The summed E-state index contributed by atoms with van der Waals surface area (Å²) in [6, 6.07) is 5.62. The number of amides is 1. The van der Waals surface area contributed by atoms with Crippen LogP contribution >= 0.6 is 0 Å². The summed E-state index contributed by atoms with van der Waals surface area (Å²) in [6.45, 7) is 1.55. The lowest BCUT2D eigenvalue weighted by atomic mass is 10.1. The van der Waals surface area contributed by atoms with Crippen LogP contribution in [0.5, 0.6) is 0 Å². The van der Waals surface area contributed by atoms with Gasteiger partial charge in [-0.05, 0) is 24.6 Å². The molecule has 5 N–H and O–H groups in total. The molecule has 0 spiro atoms. The minimum absolute atomic E-state index is 0.325. The largest absolute Gasteiger partial charge is 0.467 e. The molecule has 0 heterocycles. The van der Waals surface area contributed by atoms with E-state index in [0.717, 1.165) is 5.56 Å². The predicted molar refractivity (Wildman–Crippen MR) is 72.2 cm³/mol. The van der Waals surface area contributed by atoms with Crippen molar-refractivity contribution in [2.45, 2.75) is 25.4 Å². The highest BCUT2D eigenvalue weighted by Crippen LogP contribution is 2.09. The average molecular weight is 265 g/mol. The van der Waals surface area contributed by atoms with Crippen LogP contribution in [0.3, 0.4) is 0 Å². The summed E-state index contributed by atoms with van der Waals surface area (Å²) in [7, 11) is 1.27. The van der Waals surface area contributed by atoms with Crippen molar-refractivity contribution < 1.29 is 14.3 Å². The Kier molecular flexibility index (Phi) is 5.32. The smallest absolute Gasteiger partial charge is 0.328 e. The molecule has 19 heavy (non-hydrogen) atoms. The van der Waals surface area contributed by atoms with Gasteiger partial charge in [0.25, 0.3) is 0 Å². The minimum atomic E-state index is -0.757. The highest BCUT2D eigenvalue weighted by atomic mass is 16.5. The second-order valence-electron chi connectivity index (χ2n) is 4.32. The molecule has 0 saturated carbocycles. The molecule has 0 saturated heterocycles. The van der Waals surface area contributed by atoms with Gasteiger partial charge in [0.2, 0.25) is 5.91 Å². The van der Waals surface area contributed by atoms with Crippen LogP contribution in [0.25, 0.3) is 0 Å². The number of carbonyl (C=O) groups is 2. The van der Waals surface area contributed by atoms with Crippen LogP contribution in [-0.2, 0) is 20.7 Å². The summed E-state index contributed by atoms with van der Waals surface area (Å²) in [5, 5.41) is 2.56. The maximum Gasteiger partial charge on any atom is 0.328 e. The van der Waals surface area contributed by atoms with E-state index in [1.807, 2.05) is 0 Å². The Hall–Kier alpha value is -2.08. The number of rotatable bonds is 5. The zero-order chi connectivity index (χ0) is 14.4. The molecule has 0 unspecified atom stereocenters. The maximum absolute atomic E-state index is 11.6. The van der Waals surface area contributed by atoms with Gasteiger partial charge in [-0.25, -0.2) is 4.79 Å². The van der Waals surface area contributed by atoms with E-state index in [1.54, 1.807) is 31.2 Å². The van der Waals surface area contributed by atoms with Crippen LogP contribution in [0.4, 0.5) is 5.69 Å². The molecule has 0 bridgehead atoms. The molecule has 1 aromatic carbocycles. The molecule has 0 aliphatic heterocycles. The normalized spacial score (nSPS) is 13.4. The number of nitrogen functional groups attached to an aromatic ring is 1. The Morgan fingerprint density at radius 2 is 1.89 bits per heavy atom. The van der Waals surface area contributed by atoms with E-state index in [0.29, 0.717) is 12.1 Å². The molecule has 1 amide bonds. The highest BCUT2D eigenvalue weighted by molar-refractivity contribution is 5.87. The topological polar surface area (TPSA) is 107 Å². The zero-order valence-corrected chi connectivity index (χ0v) is 11.1. The highest BCUT2D eigenvalue weighted by Gasteiger charge is 2.23. The summed E-state index contributed by atoms with van der Waals surface area (Å²) in [5.74, 6) is -0.906. The predicted octanol–water partition coefficient (Wildman–Crippen LogP) is -0.184. The van der Waals surface area contributed by atoms with Crippen molar-refractivity contribution in [2.24, 2.45) is 5.73 Å². The molecule has 2 atom stereocenters. The molecule has 0 aliphatic rings. The summed E-state index contributed by atoms with van der Waals surface area (Å²) >= 11 is 0. The van der Waals surface area contributed by atoms with E-state index in [4.69, 9.17) is 11.5 Å². The van der Waals surface area contributed by atoms with E-state index < -0.39 is 24.0 Å². The number of esters is 1. The fraction of sp³-hybridized carbons (Fsp3) is 0.385. The van der Waals surface area contributed by atoms with Gasteiger partial charge >= 0.3 is 5.97 Å². The fourth-order valence-corrected chi connectivity index (χ4v) is 1.53. The third-order valence-corrected chi connectivity index (χ3v) is 2.64. The lowest BCUT2D eigenvalue weighted by molar-refractivity contribution is -0.145. The number of carbonyl (C=O) groups excluding carboxylic acids is 2. The fourth-order valence-electron chi connectivity index (χ4n) is 1.53. The van der Waals surface area contributed by atoms with Gasteiger partial charge in [0.05, 0.1) is 13.2 Å². The van der Waals surface area contributed by atoms with Crippen LogP contribution in [0.1, 0.15) is 12.5 Å². The van der Waals surface area contributed by atoms with Crippen molar-refractivity contribution in [3.05, 3.63) is 29.8 Å². The number of methoxy groups -OCH3 is 1. The first-order valence-electron chi connectivity index (χ1n) is 5.92. The molecule has 104 valence electrons. The van der Waals surface area contributed by atoms with Gasteiger partial charge in [-0.15, -0.1) is 0 Å². The SMILES string of the molecule is COC(=O)[C@H](Cc1ccc(N)cc1)NC(=O)[C@H](C)N. The molecule has 0 aromatic heterocycles. The second kappa shape index (κ2) is 6.75. The number of nitrogens with one attached hydrogen (secondary N) is 1. The quantitative estimate of drug-likeness (QED) is 0.505. The molecule has 6 heteroatoms. The Morgan fingerprint density at radius 3 is 2.37 bits per heavy atom. The minimum Gasteiger partial charge on any atom is -0.467 e. The molecule has 1 aromatic rings. The summed E-state index contributed by atoms with van der Waals surface area (Å²) in [4.78, 5) is 23.2. The van der Waals surface area contributed by atoms with E-state index in [1.165, 1.54) is 7.11 Å². The van der Waals surface area contributed by atoms with Crippen LogP contribution < -0.4 is 16.8 Å². The number of hydrogen-bond acceptors (Lipinski definition) is 5. The Bertz CT molecular complexity index is 443. The average Bonchev–Trinajstić information content (AvgIpc) is 2.39. The van der Waals surface area contributed by atoms with Crippen LogP contribution in [0.2, 0.25) is 0 Å². The first kappa shape index (κ1) is 15.0. The Balaban J connectivity index is 2.77. The van der Waals surface area contributed by atoms with Crippen molar-refractivity contribution in [1.29, 1.82) is 0 Å². The number of hydrogen-bond donors (Lipinski definition) is 3. The lowest BCUT2D eigenvalue weighted by Gasteiger charge is -2.18.